The molecule has 0 bridgehead atoms. The molecule has 192 valence electrons. The van der Waals surface area contributed by atoms with Crippen LogP contribution in [0.25, 0.3) is 0 Å². The van der Waals surface area contributed by atoms with Crippen LogP contribution in [0.15, 0.2) is 34.3 Å². The Hall–Kier alpha value is -2.62. The van der Waals surface area contributed by atoms with Crippen molar-refractivity contribution in [3.05, 3.63) is 57.6 Å². The third-order valence-electron chi connectivity index (χ3n) is 6.02. The first-order chi connectivity index (χ1) is 16.5. The van der Waals surface area contributed by atoms with E-state index in [2.05, 4.69) is 89.6 Å². The zero-order valence-corrected chi connectivity index (χ0v) is 23.1. The predicted octanol–water partition coefficient (Wildman–Crippen LogP) is 7.67. The van der Waals surface area contributed by atoms with E-state index in [-0.39, 0.29) is 11.8 Å². The molecule has 2 rings (SSSR count). The molecule has 4 nitrogen and oxygen atoms in total. The first-order valence-electron chi connectivity index (χ1n) is 13.2. The fraction of sp³-hybridized carbons (Fsp3) is 0.548. The van der Waals surface area contributed by atoms with Gasteiger partial charge in [-0.05, 0) is 77.3 Å². The molecule has 0 aliphatic heterocycles. The fourth-order valence-corrected chi connectivity index (χ4v) is 4.32. The first kappa shape index (κ1) is 28.6. The smallest absolute Gasteiger partial charge is 0.127 e. The van der Waals surface area contributed by atoms with Crippen molar-refractivity contribution in [2.45, 2.75) is 86.5 Å². The minimum Gasteiger partial charge on any atom is -0.507 e. The van der Waals surface area contributed by atoms with Gasteiger partial charge < -0.3 is 10.2 Å². The summed E-state index contributed by atoms with van der Waals surface area (Å²) < 4.78 is 0. The Kier molecular flexibility index (Phi) is 11.0. The number of rotatable bonds is 12. The number of phenolic OH excluding ortho intramolecular Hbond substituents is 2. The third kappa shape index (κ3) is 8.83. The molecular formula is C31H46N2O2. The molecule has 0 atom stereocenters. The van der Waals surface area contributed by atoms with Gasteiger partial charge in [0.05, 0.1) is 0 Å². The Morgan fingerprint density at radius 2 is 1.00 bits per heavy atom. The summed E-state index contributed by atoms with van der Waals surface area (Å²) >= 11 is 0. The second-order valence-corrected chi connectivity index (χ2v) is 11.2. The van der Waals surface area contributed by atoms with Gasteiger partial charge in [-0.3, -0.25) is 9.98 Å². The summed E-state index contributed by atoms with van der Waals surface area (Å²) in [4.78, 5) is 9.12. The predicted molar refractivity (Wildman–Crippen MR) is 151 cm³/mol. The highest BCUT2D eigenvalue weighted by molar-refractivity contribution is 5.85. The zero-order chi connectivity index (χ0) is 26.1. The summed E-state index contributed by atoms with van der Waals surface area (Å²) in [5, 5.41) is 21.4. The van der Waals surface area contributed by atoms with Crippen LogP contribution in [-0.2, 0) is 12.8 Å². The Morgan fingerprint density at radius 1 is 0.629 bits per heavy atom. The molecule has 0 spiro atoms. The average molecular weight is 479 g/mol. The van der Waals surface area contributed by atoms with Crippen molar-refractivity contribution < 1.29 is 10.2 Å². The largest absolute Gasteiger partial charge is 0.507 e. The van der Waals surface area contributed by atoms with E-state index in [0.717, 1.165) is 41.5 Å². The average Bonchev–Trinajstić information content (AvgIpc) is 2.75. The van der Waals surface area contributed by atoms with Gasteiger partial charge in [-0.1, -0.05) is 67.5 Å². The van der Waals surface area contributed by atoms with E-state index in [9.17, 15) is 10.2 Å². The summed E-state index contributed by atoms with van der Waals surface area (Å²) in [6.45, 7) is 18.5. The van der Waals surface area contributed by atoms with Crippen LogP contribution in [0.3, 0.4) is 0 Å². The number of phenols is 2. The number of aliphatic imine (C=N–C) groups is 2. The molecule has 0 fully saturated rings. The number of hydrogen-bond acceptors (Lipinski definition) is 4. The van der Waals surface area contributed by atoms with Crippen molar-refractivity contribution in [1.29, 1.82) is 0 Å². The number of benzene rings is 2. The van der Waals surface area contributed by atoms with Crippen molar-refractivity contribution in [3.63, 3.8) is 0 Å². The first-order valence-corrected chi connectivity index (χ1v) is 13.2. The normalized spacial score (nSPS) is 12.5. The lowest BCUT2D eigenvalue weighted by atomic mass is 9.93. The lowest BCUT2D eigenvalue weighted by Crippen LogP contribution is -2.01. The minimum absolute atomic E-state index is 0.260. The van der Waals surface area contributed by atoms with Crippen LogP contribution < -0.4 is 0 Å². The molecule has 2 aromatic rings. The quantitative estimate of drug-likeness (QED) is 0.243. The van der Waals surface area contributed by atoms with E-state index >= 15 is 0 Å². The van der Waals surface area contributed by atoms with Gasteiger partial charge >= 0.3 is 0 Å². The lowest BCUT2D eigenvalue weighted by molar-refractivity contribution is 0.463. The Morgan fingerprint density at radius 3 is 1.31 bits per heavy atom. The molecule has 0 saturated heterocycles. The second kappa shape index (κ2) is 13.5. The monoisotopic (exact) mass is 478 g/mol. The van der Waals surface area contributed by atoms with Gasteiger partial charge in [-0.25, -0.2) is 0 Å². The summed E-state index contributed by atoms with van der Waals surface area (Å²) in [5.74, 6) is 2.32. The Balaban J connectivity index is 2.04. The summed E-state index contributed by atoms with van der Waals surface area (Å²) in [5.41, 5.74) is 6.04. The van der Waals surface area contributed by atoms with Crippen LogP contribution in [0, 0.1) is 11.8 Å². The van der Waals surface area contributed by atoms with Crippen molar-refractivity contribution in [1.82, 2.24) is 0 Å². The molecule has 0 aliphatic rings. The summed E-state index contributed by atoms with van der Waals surface area (Å²) in [6, 6.07) is 8.37. The van der Waals surface area contributed by atoms with E-state index in [1.54, 1.807) is 12.4 Å². The third-order valence-corrected chi connectivity index (χ3v) is 6.02. The molecule has 4 heteroatoms. The van der Waals surface area contributed by atoms with Crippen LogP contribution in [0.5, 0.6) is 11.5 Å². The van der Waals surface area contributed by atoms with Crippen molar-refractivity contribution in [2.24, 2.45) is 21.8 Å². The molecule has 0 unspecified atom stereocenters. The van der Waals surface area contributed by atoms with Gasteiger partial charge in [0.2, 0.25) is 0 Å². The molecule has 2 N–H and O–H groups in total. The minimum atomic E-state index is 0.260. The Bertz CT molecular complexity index is 936. The van der Waals surface area contributed by atoms with Gasteiger partial charge in [0, 0.05) is 36.6 Å². The number of hydrogen-bond donors (Lipinski definition) is 2. The molecule has 0 saturated carbocycles. The molecule has 2 aromatic carbocycles. The summed E-state index contributed by atoms with van der Waals surface area (Å²) in [7, 11) is 0. The van der Waals surface area contributed by atoms with Crippen molar-refractivity contribution in [3.8, 4) is 11.5 Å². The van der Waals surface area contributed by atoms with E-state index in [1.807, 2.05) is 0 Å². The fourth-order valence-electron chi connectivity index (χ4n) is 4.32. The van der Waals surface area contributed by atoms with Crippen LogP contribution >= 0.6 is 0 Å². The van der Waals surface area contributed by atoms with E-state index in [0.29, 0.717) is 36.4 Å². The highest BCUT2D eigenvalue weighted by Gasteiger charge is 2.14. The van der Waals surface area contributed by atoms with Gasteiger partial charge in [0.15, 0.2) is 0 Å². The van der Waals surface area contributed by atoms with Gasteiger partial charge in [0.25, 0.3) is 0 Å². The summed E-state index contributed by atoms with van der Waals surface area (Å²) in [6.07, 6.45) is 6.37. The molecule has 0 aliphatic carbocycles. The van der Waals surface area contributed by atoms with E-state index in [4.69, 9.17) is 0 Å². The SMILES string of the molecule is CC(C)Cc1cc(C=NCCCN=Cc2cc(CC(C)C)cc(C(C)C)c2O)c(O)c(C(C)C)c1. The highest BCUT2D eigenvalue weighted by Crippen LogP contribution is 2.32. The van der Waals surface area contributed by atoms with Crippen LogP contribution in [0.1, 0.15) is 107 Å². The Labute approximate surface area is 213 Å². The van der Waals surface area contributed by atoms with Gasteiger partial charge in [-0.15, -0.1) is 0 Å². The topological polar surface area (TPSA) is 65.2 Å². The molecule has 0 amide bonds. The lowest BCUT2D eigenvalue weighted by Gasteiger charge is -2.15. The molecule has 0 radical (unpaired) electrons. The number of nitrogens with zero attached hydrogens (tertiary/aromatic N) is 2. The molecule has 0 aromatic heterocycles. The maximum atomic E-state index is 10.7. The van der Waals surface area contributed by atoms with Crippen LogP contribution in [-0.4, -0.2) is 35.7 Å². The maximum absolute atomic E-state index is 10.7. The standard InChI is InChI=1S/C31H46N2O2/c1-20(2)12-24-14-26(30(34)28(16-24)22(5)6)18-32-10-9-11-33-19-27-15-25(13-21(3)4)17-29(23(7)8)31(27)35/h14-23,34-35H,9-13H2,1-8H3. The van der Waals surface area contributed by atoms with Gasteiger partial charge in [-0.2, -0.15) is 0 Å². The van der Waals surface area contributed by atoms with Gasteiger partial charge in [0.1, 0.15) is 11.5 Å². The zero-order valence-electron chi connectivity index (χ0n) is 23.1. The maximum Gasteiger partial charge on any atom is 0.127 e. The molecular weight excluding hydrogens is 432 g/mol. The van der Waals surface area contributed by atoms with Crippen molar-refractivity contribution in [2.75, 3.05) is 13.1 Å². The van der Waals surface area contributed by atoms with Crippen LogP contribution in [0.2, 0.25) is 0 Å². The highest BCUT2D eigenvalue weighted by atomic mass is 16.3. The van der Waals surface area contributed by atoms with Crippen LogP contribution in [0.4, 0.5) is 0 Å². The van der Waals surface area contributed by atoms with Crippen molar-refractivity contribution >= 4 is 12.4 Å². The number of aromatic hydroxyl groups is 2. The van der Waals surface area contributed by atoms with E-state index in [1.165, 1.54) is 11.1 Å². The molecule has 35 heavy (non-hydrogen) atoms. The second-order valence-electron chi connectivity index (χ2n) is 11.2. The molecule has 0 heterocycles. The van der Waals surface area contributed by atoms with E-state index < -0.39 is 0 Å².